The number of hydrogen-bond donors (Lipinski definition) is 1. The van der Waals surface area contributed by atoms with Crippen LogP contribution in [0.5, 0.6) is 0 Å². The molecule has 1 aromatic heterocycles. The Labute approximate surface area is 129 Å². The molecule has 6 heteroatoms. The van der Waals surface area contributed by atoms with Crippen LogP contribution in [-0.2, 0) is 9.59 Å². The maximum Gasteiger partial charge on any atom is 0.247 e. The van der Waals surface area contributed by atoms with Gasteiger partial charge in [-0.15, -0.1) is 11.3 Å². The highest BCUT2D eigenvalue weighted by atomic mass is 32.1. The summed E-state index contributed by atoms with van der Waals surface area (Å²) < 4.78 is 0. The van der Waals surface area contributed by atoms with E-state index in [1.54, 1.807) is 17.5 Å². The standard InChI is InChI=1S/C15H23N3O2S/c1-4-11(5-2)18-13(19)8-12(15(18)20)17-9-10(3)14-16-6-7-21-14/h6-7,10-12,17H,4-5,8-9H2,1-3H3. The fourth-order valence-corrected chi connectivity index (χ4v) is 3.43. The van der Waals surface area contributed by atoms with Gasteiger partial charge in [0.15, 0.2) is 0 Å². The minimum absolute atomic E-state index is 0.0354. The van der Waals surface area contributed by atoms with E-state index < -0.39 is 0 Å². The summed E-state index contributed by atoms with van der Waals surface area (Å²) in [5.41, 5.74) is 0. The fraction of sp³-hybridized carbons (Fsp3) is 0.667. The van der Waals surface area contributed by atoms with E-state index in [1.165, 1.54) is 4.90 Å². The molecule has 0 radical (unpaired) electrons. The van der Waals surface area contributed by atoms with E-state index in [-0.39, 0.29) is 36.2 Å². The minimum atomic E-state index is -0.375. The summed E-state index contributed by atoms with van der Waals surface area (Å²) in [7, 11) is 0. The molecule has 0 aliphatic carbocycles. The van der Waals surface area contributed by atoms with Crippen LogP contribution in [0.25, 0.3) is 0 Å². The molecule has 1 N–H and O–H groups in total. The topological polar surface area (TPSA) is 62.3 Å². The molecule has 116 valence electrons. The van der Waals surface area contributed by atoms with Gasteiger partial charge in [-0.2, -0.15) is 0 Å². The fourth-order valence-electron chi connectivity index (χ4n) is 2.73. The van der Waals surface area contributed by atoms with Crippen LogP contribution in [-0.4, -0.2) is 40.3 Å². The van der Waals surface area contributed by atoms with E-state index in [4.69, 9.17) is 0 Å². The van der Waals surface area contributed by atoms with Gasteiger partial charge in [-0.3, -0.25) is 14.5 Å². The number of carbonyl (C=O) groups excluding carboxylic acids is 2. The van der Waals surface area contributed by atoms with E-state index in [0.29, 0.717) is 6.54 Å². The maximum atomic E-state index is 12.4. The zero-order valence-corrected chi connectivity index (χ0v) is 13.7. The van der Waals surface area contributed by atoms with Crippen molar-refractivity contribution in [1.82, 2.24) is 15.2 Å². The summed E-state index contributed by atoms with van der Waals surface area (Å²) in [5.74, 6) is 0.128. The van der Waals surface area contributed by atoms with Crippen LogP contribution in [0.1, 0.15) is 51.0 Å². The second-order valence-corrected chi connectivity index (χ2v) is 6.43. The molecule has 0 spiro atoms. The Morgan fingerprint density at radius 1 is 1.43 bits per heavy atom. The summed E-state index contributed by atoms with van der Waals surface area (Å²) in [6.07, 6.45) is 3.70. The number of nitrogens with one attached hydrogen (secondary N) is 1. The summed E-state index contributed by atoms with van der Waals surface area (Å²) >= 11 is 1.61. The van der Waals surface area contributed by atoms with E-state index >= 15 is 0 Å². The van der Waals surface area contributed by atoms with Crippen molar-refractivity contribution in [2.24, 2.45) is 0 Å². The molecule has 2 heterocycles. The molecule has 5 nitrogen and oxygen atoms in total. The van der Waals surface area contributed by atoms with Gasteiger partial charge in [-0.05, 0) is 12.8 Å². The zero-order chi connectivity index (χ0) is 15.4. The van der Waals surface area contributed by atoms with Gasteiger partial charge >= 0.3 is 0 Å². The molecule has 21 heavy (non-hydrogen) atoms. The molecule has 1 aliphatic rings. The highest BCUT2D eigenvalue weighted by molar-refractivity contribution is 7.09. The Bertz CT molecular complexity index is 485. The first-order valence-electron chi connectivity index (χ1n) is 7.57. The first-order chi connectivity index (χ1) is 10.1. The van der Waals surface area contributed by atoms with Crippen molar-refractivity contribution in [3.63, 3.8) is 0 Å². The number of amides is 2. The van der Waals surface area contributed by atoms with Gasteiger partial charge in [0.2, 0.25) is 11.8 Å². The smallest absolute Gasteiger partial charge is 0.247 e. The number of nitrogens with zero attached hydrogens (tertiary/aromatic N) is 2. The van der Waals surface area contributed by atoms with Crippen molar-refractivity contribution < 1.29 is 9.59 Å². The van der Waals surface area contributed by atoms with Gasteiger partial charge in [0, 0.05) is 30.1 Å². The van der Waals surface area contributed by atoms with Gasteiger partial charge in [-0.25, -0.2) is 4.98 Å². The second-order valence-electron chi connectivity index (χ2n) is 5.51. The molecular weight excluding hydrogens is 286 g/mol. The molecule has 0 saturated carbocycles. The third-order valence-corrected chi connectivity index (χ3v) is 5.04. The average Bonchev–Trinajstić information content (AvgIpc) is 3.09. The molecule has 2 amide bonds. The highest BCUT2D eigenvalue weighted by Gasteiger charge is 2.41. The molecule has 1 fully saturated rings. The average molecular weight is 309 g/mol. The molecule has 1 saturated heterocycles. The number of imide groups is 1. The predicted octanol–water partition coefficient (Wildman–Crippen LogP) is 2.15. The normalized spacial score (nSPS) is 20.6. The summed E-state index contributed by atoms with van der Waals surface area (Å²) in [6.45, 7) is 6.76. The molecule has 1 aliphatic heterocycles. The number of likely N-dealkylation sites (tertiary alicyclic amines) is 1. The largest absolute Gasteiger partial charge is 0.305 e. The Morgan fingerprint density at radius 3 is 2.71 bits per heavy atom. The van der Waals surface area contributed by atoms with Crippen LogP contribution in [0.4, 0.5) is 0 Å². The molecule has 2 rings (SSSR count). The lowest BCUT2D eigenvalue weighted by Gasteiger charge is -2.24. The maximum absolute atomic E-state index is 12.4. The Kier molecular flexibility index (Phi) is 5.47. The van der Waals surface area contributed by atoms with Crippen molar-refractivity contribution in [3.8, 4) is 0 Å². The summed E-state index contributed by atoms with van der Waals surface area (Å²) in [6, 6.07) is -0.339. The van der Waals surface area contributed by atoms with E-state index in [2.05, 4.69) is 17.2 Å². The SMILES string of the molecule is CCC(CC)N1C(=O)CC(NCC(C)c2nccs2)C1=O. The van der Waals surface area contributed by atoms with Gasteiger partial charge in [0.1, 0.15) is 0 Å². The van der Waals surface area contributed by atoms with Gasteiger partial charge in [0.05, 0.1) is 17.5 Å². The molecule has 1 aromatic rings. The Balaban J connectivity index is 1.93. The van der Waals surface area contributed by atoms with E-state index in [9.17, 15) is 9.59 Å². The molecule has 2 atom stereocenters. The van der Waals surface area contributed by atoms with Crippen molar-refractivity contribution in [3.05, 3.63) is 16.6 Å². The van der Waals surface area contributed by atoms with Crippen LogP contribution in [0, 0.1) is 0 Å². The number of aromatic nitrogens is 1. The summed E-state index contributed by atoms with van der Waals surface area (Å²) in [5, 5.41) is 6.24. The summed E-state index contributed by atoms with van der Waals surface area (Å²) in [4.78, 5) is 30.2. The lowest BCUT2D eigenvalue weighted by atomic mass is 10.1. The van der Waals surface area contributed by atoms with Crippen LogP contribution in [0.3, 0.4) is 0 Å². The van der Waals surface area contributed by atoms with Crippen LogP contribution >= 0.6 is 11.3 Å². The van der Waals surface area contributed by atoms with E-state index in [0.717, 1.165) is 17.8 Å². The number of carbonyl (C=O) groups is 2. The molecular formula is C15H23N3O2S. The predicted molar refractivity (Wildman–Crippen MR) is 83.2 cm³/mol. The van der Waals surface area contributed by atoms with Crippen molar-refractivity contribution >= 4 is 23.2 Å². The quantitative estimate of drug-likeness (QED) is 0.784. The minimum Gasteiger partial charge on any atom is -0.305 e. The van der Waals surface area contributed by atoms with Crippen LogP contribution < -0.4 is 5.32 Å². The number of hydrogen-bond acceptors (Lipinski definition) is 5. The van der Waals surface area contributed by atoms with Crippen molar-refractivity contribution in [2.75, 3.05) is 6.54 Å². The molecule has 0 aromatic carbocycles. The first kappa shape index (κ1) is 16.1. The third-order valence-electron chi connectivity index (χ3n) is 4.03. The molecule has 0 bridgehead atoms. The monoisotopic (exact) mass is 309 g/mol. The van der Waals surface area contributed by atoms with Gasteiger partial charge in [0.25, 0.3) is 0 Å². The van der Waals surface area contributed by atoms with Crippen LogP contribution in [0.2, 0.25) is 0 Å². The molecule has 2 unspecified atom stereocenters. The third kappa shape index (κ3) is 3.49. The second kappa shape index (κ2) is 7.13. The van der Waals surface area contributed by atoms with E-state index in [1.807, 2.05) is 19.2 Å². The lowest BCUT2D eigenvalue weighted by Crippen LogP contribution is -2.44. The van der Waals surface area contributed by atoms with Crippen LogP contribution in [0.15, 0.2) is 11.6 Å². The Hall–Kier alpha value is -1.27. The number of rotatable bonds is 7. The van der Waals surface area contributed by atoms with Crippen molar-refractivity contribution in [1.29, 1.82) is 0 Å². The Morgan fingerprint density at radius 2 is 2.14 bits per heavy atom. The zero-order valence-electron chi connectivity index (χ0n) is 12.8. The first-order valence-corrected chi connectivity index (χ1v) is 8.45. The number of thiazole rings is 1. The highest BCUT2D eigenvalue weighted by Crippen LogP contribution is 2.21. The van der Waals surface area contributed by atoms with Crippen molar-refractivity contribution in [2.45, 2.75) is 58.0 Å². The lowest BCUT2D eigenvalue weighted by molar-refractivity contribution is -0.141. The van der Waals surface area contributed by atoms with Gasteiger partial charge in [-0.1, -0.05) is 20.8 Å². The van der Waals surface area contributed by atoms with Gasteiger partial charge < -0.3 is 5.32 Å².